The Labute approximate surface area is 99.1 Å². The molecule has 6 heteroatoms. The first-order chi connectivity index (χ1) is 7.80. The third kappa shape index (κ3) is 4.53. The van der Waals surface area contributed by atoms with Crippen LogP contribution in [0.3, 0.4) is 0 Å². The maximum atomic E-state index is 12.4. The van der Waals surface area contributed by atoms with Gasteiger partial charge in [0.15, 0.2) is 0 Å². The molecule has 1 heterocycles. The first-order valence-corrected chi connectivity index (χ1v) is 5.88. The van der Waals surface area contributed by atoms with Crippen LogP contribution in [0.1, 0.15) is 26.7 Å². The van der Waals surface area contributed by atoms with E-state index in [2.05, 4.69) is 10.6 Å². The van der Waals surface area contributed by atoms with Crippen LogP contribution in [0.4, 0.5) is 13.2 Å². The molecule has 0 radical (unpaired) electrons. The Kier molecular flexibility index (Phi) is 4.80. The lowest BCUT2D eigenvalue weighted by Crippen LogP contribution is -2.51. The van der Waals surface area contributed by atoms with Crippen molar-refractivity contribution in [2.24, 2.45) is 11.8 Å². The molecule has 2 unspecified atom stereocenters. The van der Waals surface area contributed by atoms with Crippen LogP contribution in [-0.2, 0) is 4.79 Å². The van der Waals surface area contributed by atoms with E-state index in [0.717, 1.165) is 0 Å². The van der Waals surface area contributed by atoms with Gasteiger partial charge in [-0.2, -0.15) is 13.2 Å². The Morgan fingerprint density at radius 1 is 1.41 bits per heavy atom. The van der Waals surface area contributed by atoms with E-state index in [0.29, 0.717) is 12.5 Å². The van der Waals surface area contributed by atoms with Crippen molar-refractivity contribution in [2.45, 2.75) is 38.9 Å². The standard InChI is InChI=1S/C11H19F3N2O/c1-7(2)5-16-10(17)9-4-3-8(6-15-9)11(12,13)14/h7-9,15H,3-6H2,1-2H3,(H,16,17). The molecular weight excluding hydrogens is 233 g/mol. The van der Waals surface area contributed by atoms with Crippen molar-refractivity contribution in [3.05, 3.63) is 0 Å². The summed E-state index contributed by atoms with van der Waals surface area (Å²) >= 11 is 0. The zero-order valence-corrected chi connectivity index (χ0v) is 10.1. The highest BCUT2D eigenvalue weighted by molar-refractivity contribution is 5.81. The monoisotopic (exact) mass is 252 g/mol. The maximum absolute atomic E-state index is 12.4. The zero-order chi connectivity index (χ0) is 13.1. The summed E-state index contributed by atoms with van der Waals surface area (Å²) in [5, 5.41) is 5.39. The van der Waals surface area contributed by atoms with E-state index in [1.165, 1.54) is 0 Å². The van der Waals surface area contributed by atoms with Gasteiger partial charge >= 0.3 is 6.18 Å². The van der Waals surface area contributed by atoms with E-state index in [1.54, 1.807) is 0 Å². The van der Waals surface area contributed by atoms with E-state index in [9.17, 15) is 18.0 Å². The fraction of sp³-hybridized carbons (Fsp3) is 0.909. The van der Waals surface area contributed by atoms with Crippen molar-refractivity contribution in [1.29, 1.82) is 0 Å². The summed E-state index contributed by atoms with van der Waals surface area (Å²) in [6.45, 7) is 4.32. The summed E-state index contributed by atoms with van der Waals surface area (Å²) in [7, 11) is 0. The normalized spacial score (nSPS) is 26.0. The highest BCUT2D eigenvalue weighted by Gasteiger charge is 2.42. The van der Waals surface area contributed by atoms with Crippen LogP contribution in [0.25, 0.3) is 0 Å². The molecule has 1 fully saturated rings. The van der Waals surface area contributed by atoms with Gasteiger partial charge in [-0.25, -0.2) is 0 Å². The second kappa shape index (κ2) is 5.71. The Hall–Kier alpha value is -0.780. The minimum absolute atomic E-state index is 0.0241. The van der Waals surface area contributed by atoms with Crippen molar-refractivity contribution in [2.75, 3.05) is 13.1 Å². The van der Waals surface area contributed by atoms with Crippen LogP contribution in [-0.4, -0.2) is 31.2 Å². The summed E-state index contributed by atoms with van der Waals surface area (Å²) in [5.74, 6) is -1.18. The summed E-state index contributed by atoms with van der Waals surface area (Å²) < 4.78 is 37.1. The van der Waals surface area contributed by atoms with E-state index < -0.39 is 18.1 Å². The number of carbonyl (C=O) groups is 1. The number of nitrogens with one attached hydrogen (secondary N) is 2. The van der Waals surface area contributed by atoms with Gasteiger partial charge in [-0.05, 0) is 18.8 Å². The molecule has 1 rings (SSSR count). The highest BCUT2D eigenvalue weighted by atomic mass is 19.4. The first-order valence-electron chi connectivity index (χ1n) is 5.88. The molecule has 1 aliphatic heterocycles. The lowest BCUT2D eigenvalue weighted by atomic mass is 9.94. The molecule has 0 saturated carbocycles. The van der Waals surface area contributed by atoms with E-state index >= 15 is 0 Å². The third-order valence-corrected chi connectivity index (χ3v) is 2.88. The Balaban J connectivity index is 2.34. The minimum Gasteiger partial charge on any atom is -0.354 e. The van der Waals surface area contributed by atoms with Gasteiger partial charge in [-0.15, -0.1) is 0 Å². The number of amides is 1. The number of halogens is 3. The summed E-state index contributed by atoms with van der Waals surface area (Å²) in [5.41, 5.74) is 0. The lowest BCUT2D eigenvalue weighted by Gasteiger charge is -2.30. The van der Waals surface area contributed by atoms with Crippen LogP contribution in [0.5, 0.6) is 0 Å². The topological polar surface area (TPSA) is 41.1 Å². The van der Waals surface area contributed by atoms with Crippen molar-refractivity contribution >= 4 is 5.91 Å². The summed E-state index contributed by atoms with van der Waals surface area (Å²) in [6.07, 6.45) is -3.89. The number of hydrogen-bond donors (Lipinski definition) is 2. The molecule has 1 aliphatic rings. The van der Waals surface area contributed by atoms with Gasteiger partial charge in [-0.1, -0.05) is 13.8 Å². The number of rotatable bonds is 3. The second-order valence-corrected chi connectivity index (χ2v) is 4.92. The van der Waals surface area contributed by atoms with Crippen LogP contribution in [0.15, 0.2) is 0 Å². The Morgan fingerprint density at radius 2 is 2.06 bits per heavy atom. The SMILES string of the molecule is CC(C)CNC(=O)C1CCC(C(F)(F)F)CN1. The number of alkyl halides is 3. The summed E-state index contributed by atoms with van der Waals surface area (Å²) in [6, 6.07) is -0.479. The molecular formula is C11H19F3N2O. The van der Waals surface area contributed by atoms with Gasteiger partial charge in [0.2, 0.25) is 5.91 Å². The van der Waals surface area contributed by atoms with Gasteiger partial charge in [0.1, 0.15) is 0 Å². The molecule has 17 heavy (non-hydrogen) atoms. The molecule has 100 valence electrons. The Bertz CT molecular complexity index is 258. The molecule has 2 N–H and O–H groups in total. The van der Waals surface area contributed by atoms with Crippen LogP contribution < -0.4 is 10.6 Å². The summed E-state index contributed by atoms with van der Waals surface area (Å²) in [4.78, 5) is 11.6. The van der Waals surface area contributed by atoms with Crippen molar-refractivity contribution in [3.8, 4) is 0 Å². The van der Waals surface area contributed by atoms with Gasteiger partial charge in [0.25, 0.3) is 0 Å². The first kappa shape index (κ1) is 14.3. The Morgan fingerprint density at radius 3 is 2.47 bits per heavy atom. The number of hydrogen-bond acceptors (Lipinski definition) is 2. The molecule has 0 bridgehead atoms. The quantitative estimate of drug-likeness (QED) is 0.802. The van der Waals surface area contributed by atoms with E-state index in [4.69, 9.17) is 0 Å². The largest absolute Gasteiger partial charge is 0.393 e. The third-order valence-electron chi connectivity index (χ3n) is 2.88. The molecule has 2 atom stereocenters. The molecule has 0 aliphatic carbocycles. The molecule has 3 nitrogen and oxygen atoms in total. The van der Waals surface area contributed by atoms with Crippen LogP contribution in [0.2, 0.25) is 0 Å². The van der Waals surface area contributed by atoms with Crippen LogP contribution >= 0.6 is 0 Å². The average molecular weight is 252 g/mol. The average Bonchev–Trinajstić information content (AvgIpc) is 2.25. The highest BCUT2D eigenvalue weighted by Crippen LogP contribution is 2.31. The lowest BCUT2D eigenvalue weighted by molar-refractivity contribution is -0.180. The maximum Gasteiger partial charge on any atom is 0.393 e. The molecule has 0 spiro atoms. The van der Waals surface area contributed by atoms with Gasteiger partial charge in [-0.3, -0.25) is 4.79 Å². The van der Waals surface area contributed by atoms with Gasteiger partial charge in [0, 0.05) is 13.1 Å². The fourth-order valence-corrected chi connectivity index (χ4v) is 1.79. The smallest absolute Gasteiger partial charge is 0.354 e. The molecule has 0 aromatic heterocycles. The van der Waals surface area contributed by atoms with E-state index in [-0.39, 0.29) is 25.3 Å². The number of piperidine rings is 1. The molecule has 1 saturated heterocycles. The fourth-order valence-electron chi connectivity index (χ4n) is 1.79. The predicted octanol–water partition coefficient (Wildman–Crippen LogP) is 1.69. The van der Waals surface area contributed by atoms with Crippen molar-refractivity contribution in [3.63, 3.8) is 0 Å². The van der Waals surface area contributed by atoms with Gasteiger partial charge < -0.3 is 10.6 Å². The minimum atomic E-state index is -4.16. The predicted molar refractivity (Wildman–Crippen MR) is 58.4 cm³/mol. The van der Waals surface area contributed by atoms with Crippen LogP contribution in [0, 0.1) is 11.8 Å². The number of carbonyl (C=O) groups excluding carboxylic acids is 1. The molecule has 1 amide bonds. The van der Waals surface area contributed by atoms with Gasteiger partial charge in [0.05, 0.1) is 12.0 Å². The van der Waals surface area contributed by atoms with E-state index in [1.807, 2.05) is 13.8 Å². The van der Waals surface area contributed by atoms with Crippen molar-refractivity contribution in [1.82, 2.24) is 10.6 Å². The molecule has 0 aromatic rings. The molecule has 0 aromatic carbocycles. The van der Waals surface area contributed by atoms with Crippen molar-refractivity contribution < 1.29 is 18.0 Å². The zero-order valence-electron chi connectivity index (χ0n) is 10.1. The second-order valence-electron chi connectivity index (χ2n) is 4.92.